The van der Waals surface area contributed by atoms with Crippen LogP contribution in [0.3, 0.4) is 0 Å². The third kappa shape index (κ3) is 4.01. The van der Waals surface area contributed by atoms with Crippen molar-refractivity contribution in [3.8, 4) is 0 Å². The second kappa shape index (κ2) is 6.33. The summed E-state index contributed by atoms with van der Waals surface area (Å²) >= 11 is 1.77. The van der Waals surface area contributed by atoms with E-state index < -0.39 is 0 Å². The van der Waals surface area contributed by atoms with Crippen molar-refractivity contribution in [2.24, 2.45) is 0 Å². The van der Waals surface area contributed by atoms with Crippen LogP contribution in [0.25, 0.3) is 0 Å². The number of piperidine rings is 1. The van der Waals surface area contributed by atoms with Gasteiger partial charge in [-0.1, -0.05) is 27.2 Å². The first-order chi connectivity index (χ1) is 9.00. The molecular formula is C15H26N2OS. The highest BCUT2D eigenvalue weighted by atomic mass is 32.1. The quantitative estimate of drug-likeness (QED) is 0.921. The second-order valence-corrected chi connectivity index (χ2v) is 7.45. The standard InChI is InChI=1S/C15H26N2OS/c1-15(2,3)13-11-19-14(16-13)10-17-8-5-4-6-12(17)7-9-18/h11-12,18H,4-10H2,1-3H3. The second-order valence-electron chi connectivity index (χ2n) is 6.51. The molecular weight excluding hydrogens is 256 g/mol. The zero-order chi connectivity index (χ0) is 13.9. The molecule has 0 spiro atoms. The summed E-state index contributed by atoms with van der Waals surface area (Å²) in [6.07, 6.45) is 4.70. The fourth-order valence-corrected chi connectivity index (χ4v) is 3.69. The van der Waals surface area contributed by atoms with Crippen LogP contribution in [0.15, 0.2) is 5.38 Å². The minimum absolute atomic E-state index is 0.140. The molecule has 2 rings (SSSR count). The van der Waals surface area contributed by atoms with E-state index in [1.807, 2.05) is 0 Å². The molecule has 1 N–H and O–H groups in total. The van der Waals surface area contributed by atoms with Crippen LogP contribution in [0, 0.1) is 0 Å². The molecule has 1 unspecified atom stereocenters. The van der Waals surface area contributed by atoms with Crippen LogP contribution >= 0.6 is 11.3 Å². The minimum atomic E-state index is 0.140. The zero-order valence-corrected chi connectivity index (χ0v) is 13.2. The van der Waals surface area contributed by atoms with Crippen molar-refractivity contribution in [1.82, 2.24) is 9.88 Å². The van der Waals surface area contributed by atoms with Gasteiger partial charge in [-0.3, -0.25) is 4.90 Å². The predicted octanol–water partition coefficient (Wildman–Crippen LogP) is 3.18. The highest BCUT2D eigenvalue weighted by Crippen LogP contribution is 2.27. The Morgan fingerprint density at radius 3 is 2.84 bits per heavy atom. The molecule has 1 fully saturated rings. The summed E-state index contributed by atoms with van der Waals surface area (Å²) in [5, 5.41) is 12.6. The lowest BCUT2D eigenvalue weighted by Gasteiger charge is -2.34. The van der Waals surface area contributed by atoms with Crippen molar-refractivity contribution < 1.29 is 5.11 Å². The van der Waals surface area contributed by atoms with Gasteiger partial charge in [0.1, 0.15) is 5.01 Å². The number of likely N-dealkylation sites (tertiary alicyclic amines) is 1. The Balaban J connectivity index is 2.00. The summed E-state index contributed by atoms with van der Waals surface area (Å²) in [6, 6.07) is 0.542. The summed E-state index contributed by atoms with van der Waals surface area (Å²) in [5.41, 5.74) is 1.34. The maximum Gasteiger partial charge on any atom is 0.107 e. The SMILES string of the molecule is CC(C)(C)c1csc(CN2CCCCC2CCO)n1. The molecule has 1 saturated heterocycles. The summed E-state index contributed by atoms with van der Waals surface area (Å²) in [6.45, 7) is 9.02. The number of rotatable bonds is 4. The first kappa shape index (κ1) is 14.9. The Hall–Kier alpha value is -0.450. The molecule has 19 heavy (non-hydrogen) atoms. The van der Waals surface area contributed by atoms with Gasteiger partial charge in [0.15, 0.2) is 0 Å². The fourth-order valence-electron chi connectivity index (χ4n) is 2.65. The molecule has 3 nitrogen and oxygen atoms in total. The number of aliphatic hydroxyl groups is 1. The molecule has 0 aliphatic carbocycles. The molecule has 1 aromatic heterocycles. The summed E-state index contributed by atoms with van der Waals surface area (Å²) in [7, 11) is 0. The van der Waals surface area contributed by atoms with Gasteiger partial charge in [-0.05, 0) is 25.8 Å². The molecule has 0 bridgehead atoms. The number of hydrogen-bond donors (Lipinski definition) is 1. The maximum atomic E-state index is 9.17. The first-order valence-corrected chi connectivity index (χ1v) is 8.18. The van der Waals surface area contributed by atoms with Gasteiger partial charge in [-0.2, -0.15) is 0 Å². The number of thiazole rings is 1. The van der Waals surface area contributed by atoms with E-state index in [-0.39, 0.29) is 5.41 Å². The number of aromatic nitrogens is 1. The highest BCUT2D eigenvalue weighted by molar-refractivity contribution is 7.09. The summed E-state index contributed by atoms with van der Waals surface area (Å²) < 4.78 is 0. The van der Waals surface area contributed by atoms with Crippen LogP contribution in [0.5, 0.6) is 0 Å². The minimum Gasteiger partial charge on any atom is -0.396 e. The normalized spacial score (nSPS) is 21.8. The van der Waals surface area contributed by atoms with Gasteiger partial charge in [0.2, 0.25) is 0 Å². The summed E-state index contributed by atoms with van der Waals surface area (Å²) in [4.78, 5) is 7.29. The molecule has 1 aromatic rings. The third-order valence-electron chi connectivity index (χ3n) is 3.87. The highest BCUT2D eigenvalue weighted by Gasteiger charge is 2.24. The van der Waals surface area contributed by atoms with E-state index >= 15 is 0 Å². The van der Waals surface area contributed by atoms with Gasteiger partial charge < -0.3 is 5.11 Å². The van der Waals surface area contributed by atoms with Crippen molar-refractivity contribution in [2.75, 3.05) is 13.2 Å². The van der Waals surface area contributed by atoms with Crippen LogP contribution in [-0.4, -0.2) is 34.2 Å². The van der Waals surface area contributed by atoms with Crippen molar-refractivity contribution in [3.63, 3.8) is 0 Å². The van der Waals surface area contributed by atoms with Crippen molar-refractivity contribution in [3.05, 3.63) is 16.1 Å². The molecule has 0 saturated carbocycles. The van der Waals surface area contributed by atoms with Crippen LogP contribution in [0.2, 0.25) is 0 Å². The molecule has 1 atom stereocenters. The maximum absolute atomic E-state index is 9.17. The van der Waals surface area contributed by atoms with Gasteiger partial charge >= 0.3 is 0 Å². The Morgan fingerprint density at radius 2 is 2.21 bits per heavy atom. The van der Waals surface area contributed by atoms with Crippen LogP contribution in [0.4, 0.5) is 0 Å². The van der Waals surface area contributed by atoms with Gasteiger partial charge in [0, 0.05) is 23.4 Å². The van der Waals surface area contributed by atoms with Gasteiger partial charge in [-0.25, -0.2) is 4.98 Å². The molecule has 0 aromatic carbocycles. The Labute approximate surface area is 120 Å². The fraction of sp³-hybridized carbons (Fsp3) is 0.800. The molecule has 1 aliphatic rings. The van der Waals surface area contributed by atoms with E-state index in [1.54, 1.807) is 11.3 Å². The lowest BCUT2D eigenvalue weighted by molar-refractivity contribution is 0.112. The van der Waals surface area contributed by atoms with E-state index in [0.717, 1.165) is 19.5 Å². The van der Waals surface area contributed by atoms with Gasteiger partial charge in [0.25, 0.3) is 0 Å². The van der Waals surface area contributed by atoms with Crippen molar-refractivity contribution >= 4 is 11.3 Å². The number of aliphatic hydroxyl groups excluding tert-OH is 1. The molecule has 2 heterocycles. The predicted molar refractivity (Wildman–Crippen MR) is 80.6 cm³/mol. The molecule has 0 amide bonds. The summed E-state index contributed by atoms with van der Waals surface area (Å²) in [5.74, 6) is 0. The molecule has 1 aliphatic heterocycles. The number of hydrogen-bond acceptors (Lipinski definition) is 4. The number of nitrogens with zero attached hydrogens (tertiary/aromatic N) is 2. The van der Waals surface area contributed by atoms with Gasteiger partial charge in [0.05, 0.1) is 12.2 Å². The lowest BCUT2D eigenvalue weighted by atomic mass is 9.93. The van der Waals surface area contributed by atoms with E-state index in [4.69, 9.17) is 4.98 Å². The first-order valence-electron chi connectivity index (χ1n) is 7.30. The third-order valence-corrected chi connectivity index (χ3v) is 4.70. The molecule has 108 valence electrons. The average Bonchev–Trinajstić information content (AvgIpc) is 2.80. The monoisotopic (exact) mass is 282 g/mol. The Morgan fingerprint density at radius 1 is 1.42 bits per heavy atom. The van der Waals surface area contributed by atoms with E-state index in [9.17, 15) is 5.11 Å². The van der Waals surface area contributed by atoms with E-state index in [1.165, 1.54) is 30.0 Å². The average molecular weight is 282 g/mol. The van der Waals surface area contributed by atoms with Crippen LogP contribution in [-0.2, 0) is 12.0 Å². The molecule has 0 radical (unpaired) electrons. The van der Waals surface area contributed by atoms with Crippen LogP contribution < -0.4 is 0 Å². The smallest absolute Gasteiger partial charge is 0.107 e. The zero-order valence-electron chi connectivity index (χ0n) is 12.4. The Kier molecular flexibility index (Phi) is 4.98. The van der Waals surface area contributed by atoms with Crippen molar-refractivity contribution in [2.45, 2.75) is 64.5 Å². The largest absolute Gasteiger partial charge is 0.396 e. The van der Waals surface area contributed by atoms with E-state index in [0.29, 0.717) is 12.6 Å². The lowest BCUT2D eigenvalue weighted by Crippen LogP contribution is -2.39. The molecule has 4 heteroatoms. The topological polar surface area (TPSA) is 36.4 Å². The van der Waals surface area contributed by atoms with Crippen LogP contribution in [0.1, 0.15) is 57.2 Å². The Bertz CT molecular complexity index is 395. The van der Waals surface area contributed by atoms with Gasteiger partial charge in [-0.15, -0.1) is 11.3 Å². The van der Waals surface area contributed by atoms with E-state index in [2.05, 4.69) is 31.1 Å². The van der Waals surface area contributed by atoms with Crippen molar-refractivity contribution in [1.29, 1.82) is 0 Å².